The molecule has 7 heteroatoms. The van der Waals surface area contributed by atoms with Gasteiger partial charge in [0.1, 0.15) is 0 Å². The number of hydrogen-bond donors (Lipinski definition) is 0. The van der Waals surface area contributed by atoms with E-state index in [9.17, 15) is 0 Å². The minimum atomic E-state index is 0.702. The van der Waals surface area contributed by atoms with Crippen LogP contribution in [0.3, 0.4) is 0 Å². The van der Waals surface area contributed by atoms with Gasteiger partial charge in [-0.2, -0.15) is 0 Å². The van der Waals surface area contributed by atoms with Gasteiger partial charge in [-0.05, 0) is 18.2 Å². The molecule has 2 aromatic heterocycles. The molecule has 1 aliphatic rings. The molecule has 0 radical (unpaired) electrons. The van der Waals surface area contributed by atoms with Gasteiger partial charge in [-0.1, -0.05) is 83.6 Å². The molecule has 34 heavy (non-hydrogen) atoms. The molecule has 1 fully saturated rings. The van der Waals surface area contributed by atoms with E-state index in [0.29, 0.717) is 24.1 Å². The summed E-state index contributed by atoms with van der Waals surface area (Å²) in [4.78, 5) is 18.4. The van der Waals surface area contributed by atoms with Gasteiger partial charge in [0.05, 0.1) is 35.0 Å². The normalized spacial score (nSPS) is 14.0. The van der Waals surface area contributed by atoms with E-state index in [1.165, 1.54) is 0 Å². The van der Waals surface area contributed by atoms with Crippen LogP contribution in [0.2, 0.25) is 5.02 Å². The first-order valence-corrected chi connectivity index (χ1v) is 12.4. The molecule has 0 saturated carbocycles. The van der Waals surface area contributed by atoms with Crippen molar-refractivity contribution < 1.29 is 4.74 Å². The Balaban J connectivity index is 1.59. The molecule has 0 spiro atoms. The van der Waals surface area contributed by atoms with Crippen LogP contribution >= 0.6 is 22.9 Å². The minimum Gasteiger partial charge on any atom is -0.378 e. The average molecular weight is 485 g/mol. The Morgan fingerprint density at radius 2 is 1.47 bits per heavy atom. The summed E-state index contributed by atoms with van der Waals surface area (Å²) in [6.45, 7) is 3.07. The minimum absolute atomic E-state index is 0.702. The first-order chi connectivity index (χ1) is 16.8. The van der Waals surface area contributed by atoms with Crippen molar-refractivity contribution in [2.45, 2.75) is 0 Å². The molecular weight excluding hydrogens is 464 g/mol. The van der Waals surface area contributed by atoms with E-state index in [-0.39, 0.29) is 0 Å². The Labute approximate surface area is 206 Å². The largest absolute Gasteiger partial charge is 0.378 e. The molecule has 3 aromatic carbocycles. The summed E-state index contributed by atoms with van der Waals surface area (Å²) in [6.07, 6.45) is 0. The van der Waals surface area contributed by atoms with Crippen LogP contribution in [0.15, 0.2) is 78.9 Å². The molecule has 0 atom stereocenters. The summed E-state index contributed by atoms with van der Waals surface area (Å²) in [5, 5.41) is 2.69. The Morgan fingerprint density at radius 1 is 0.735 bits per heavy atom. The van der Waals surface area contributed by atoms with Crippen molar-refractivity contribution in [3.63, 3.8) is 0 Å². The van der Waals surface area contributed by atoms with E-state index in [1.54, 1.807) is 11.3 Å². The Morgan fingerprint density at radius 3 is 2.26 bits per heavy atom. The summed E-state index contributed by atoms with van der Waals surface area (Å²) in [6, 6.07) is 26.1. The lowest BCUT2D eigenvalue weighted by Gasteiger charge is -2.26. The van der Waals surface area contributed by atoms with Crippen LogP contribution in [0.25, 0.3) is 44.1 Å². The lowest BCUT2D eigenvalue weighted by Crippen LogP contribution is -2.36. The van der Waals surface area contributed by atoms with Crippen molar-refractivity contribution in [3.05, 3.63) is 83.9 Å². The number of halogens is 1. The van der Waals surface area contributed by atoms with Crippen molar-refractivity contribution in [1.29, 1.82) is 0 Å². The van der Waals surface area contributed by atoms with Crippen LogP contribution in [-0.2, 0) is 4.74 Å². The van der Waals surface area contributed by atoms with E-state index in [2.05, 4.69) is 11.0 Å². The zero-order valence-electron chi connectivity index (χ0n) is 18.3. The van der Waals surface area contributed by atoms with E-state index in [0.717, 1.165) is 56.5 Å². The van der Waals surface area contributed by atoms with Gasteiger partial charge in [0.15, 0.2) is 11.0 Å². The molecule has 6 rings (SSSR count). The fourth-order valence-corrected chi connectivity index (χ4v) is 5.40. The number of fused-ring (bicyclic) bond motifs is 1. The second kappa shape index (κ2) is 9.14. The summed E-state index contributed by atoms with van der Waals surface area (Å²) in [5.41, 5.74) is 4.71. The second-order valence-corrected chi connectivity index (χ2v) is 9.47. The van der Waals surface area contributed by atoms with Gasteiger partial charge < -0.3 is 9.64 Å². The third-order valence-corrected chi connectivity index (χ3v) is 7.24. The number of para-hydroxylation sites is 1. The topological polar surface area (TPSA) is 51.1 Å². The number of benzene rings is 3. The van der Waals surface area contributed by atoms with Crippen LogP contribution in [-0.4, -0.2) is 41.3 Å². The van der Waals surface area contributed by atoms with Crippen LogP contribution < -0.4 is 4.90 Å². The molecule has 3 heterocycles. The third-order valence-electron chi connectivity index (χ3n) is 5.87. The molecule has 0 unspecified atom stereocenters. The highest BCUT2D eigenvalue weighted by Gasteiger charge is 2.23. The predicted molar refractivity (Wildman–Crippen MR) is 140 cm³/mol. The number of anilines is 1. The molecule has 168 valence electrons. The number of ether oxygens (including phenoxy) is 1. The van der Waals surface area contributed by atoms with Gasteiger partial charge in [0, 0.05) is 34.6 Å². The SMILES string of the molecule is Clc1ccc(-c2nc(N3CCOCC3)sc2-c2nc(-c3ccccc3)nc3ccccc23)cc1. The van der Waals surface area contributed by atoms with E-state index < -0.39 is 0 Å². The highest BCUT2D eigenvalue weighted by atomic mass is 35.5. The van der Waals surface area contributed by atoms with Gasteiger partial charge >= 0.3 is 0 Å². The Hall–Kier alpha value is -3.32. The van der Waals surface area contributed by atoms with Crippen molar-refractivity contribution >= 4 is 39.0 Å². The Kier molecular flexibility index (Phi) is 5.71. The van der Waals surface area contributed by atoms with Crippen LogP contribution in [0.1, 0.15) is 0 Å². The first-order valence-electron chi connectivity index (χ1n) is 11.2. The zero-order valence-corrected chi connectivity index (χ0v) is 19.9. The number of nitrogens with zero attached hydrogens (tertiary/aromatic N) is 4. The zero-order chi connectivity index (χ0) is 22.9. The van der Waals surface area contributed by atoms with Crippen LogP contribution in [0.4, 0.5) is 5.13 Å². The molecule has 5 nitrogen and oxygen atoms in total. The molecule has 0 bridgehead atoms. The maximum atomic E-state index is 6.19. The van der Waals surface area contributed by atoms with Gasteiger partial charge in [0.25, 0.3) is 0 Å². The first kappa shape index (κ1) is 21.2. The van der Waals surface area contributed by atoms with Gasteiger partial charge in [-0.3, -0.25) is 0 Å². The summed E-state index contributed by atoms with van der Waals surface area (Å²) < 4.78 is 5.56. The van der Waals surface area contributed by atoms with Gasteiger partial charge in [-0.25, -0.2) is 15.0 Å². The lowest BCUT2D eigenvalue weighted by atomic mass is 10.1. The van der Waals surface area contributed by atoms with Crippen LogP contribution in [0, 0.1) is 0 Å². The maximum absolute atomic E-state index is 6.19. The van der Waals surface area contributed by atoms with Crippen molar-refractivity contribution in [2.24, 2.45) is 0 Å². The summed E-state index contributed by atoms with van der Waals surface area (Å²) >= 11 is 7.86. The van der Waals surface area contributed by atoms with Crippen molar-refractivity contribution in [3.8, 4) is 33.2 Å². The number of rotatable bonds is 4. The van der Waals surface area contributed by atoms with Crippen molar-refractivity contribution in [2.75, 3.05) is 31.2 Å². The second-order valence-electron chi connectivity index (χ2n) is 8.06. The smallest absolute Gasteiger partial charge is 0.186 e. The highest BCUT2D eigenvalue weighted by molar-refractivity contribution is 7.19. The quantitative estimate of drug-likeness (QED) is 0.288. The molecule has 0 aliphatic carbocycles. The van der Waals surface area contributed by atoms with Crippen LogP contribution in [0.5, 0.6) is 0 Å². The summed E-state index contributed by atoms with van der Waals surface area (Å²) in [5.74, 6) is 0.706. The maximum Gasteiger partial charge on any atom is 0.186 e. The van der Waals surface area contributed by atoms with Crippen molar-refractivity contribution in [1.82, 2.24) is 15.0 Å². The number of morpholine rings is 1. The molecular formula is C27H21ClN4OS. The van der Waals surface area contributed by atoms with Gasteiger partial charge in [-0.15, -0.1) is 0 Å². The number of thiazole rings is 1. The molecule has 0 amide bonds. The van der Waals surface area contributed by atoms with E-state index in [4.69, 9.17) is 31.3 Å². The fourth-order valence-electron chi connectivity index (χ4n) is 4.13. The van der Waals surface area contributed by atoms with Gasteiger partial charge in [0.2, 0.25) is 0 Å². The fraction of sp³-hybridized carbons (Fsp3) is 0.148. The molecule has 1 saturated heterocycles. The number of hydrogen-bond acceptors (Lipinski definition) is 6. The third kappa shape index (κ3) is 4.05. The number of aromatic nitrogens is 3. The molecule has 0 N–H and O–H groups in total. The summed E-state index contributed by atoms with van der Waals surface area (Å²) in [7, 11) is 0. The standard InChI is InChI=1S/C27H21ClN4OS/c28-20-12-10-18(11-13-20)23-25(34-27(31-23)32-14-16-33-17-15-32)24-21-8-4-5-9-22(21)29-26(30-24)19-6-2-1-3-7-19/h1-13H,14-17H2. The Bertz CT molecular complexity index is 1450. The monoisotopic (exact) mass is 484 g/mol. The van der Waals surface area contributed by atoms with E-state index in [1.807, 2.05) is 72.8 Å². The predicted octanol–water partition coefficient (Wildman–Crippen LogP) is 6.58. The average Bonchev–Trinajstić information content (AvgIpc) is 3.35. The molecule has 5 aromatic rings. The molecule has 1 aliphatic heterocycles. The highest BCUT2D eigenvalue weighted by Crippen LogP contribution is 2.42. The lowest BCUT2D eigenvalue weighted by molar-refractivity contribution is 0.122. The van der Waals surface area contributed by atoms with E-state index >= 15 is 0 Å².